The number of aliphatic hydroxyl groups is 1. The van der Waals surface area contributed by atoms with E-state index in [4.69, 9.17) is 5.11 Å². The van der Waals surface area contributed by atoms with Crippen LogP contribution in [-0.2, 0) is 13.1 Å². The van der Waals surface area contributed by atoms with Crippen molar-refractivity contribution in [3.63, 3.8) is 0 Å². The van der Waals surface area contributed by atoms with Gasteiger partial charge in [-0.05, 0) is 31.4 Å². The zero-order chi connectivity index (χ0) is 10.7. The SMILES string of the molecule is CCCn1cccc1CNC1CC(O)C1. The van der Waals surface area contributed by atoms with E-state index in [1.54, 1.807) is 0 Å². The summed E-state index contributed by atoms with van der Waals surface area (Å²) in [4.78, 5) is 0. The monoisotopic (exact) mass is 208 g/mol. The van der Waals surface area contributed by atoms with Crippen molar-refractivity contribution < 1.29 is 5.11 Å². The van der Waals surface area contributed by atoms with Crippen molar-refractivity contribution in [2.75, 3.05) is 0 Å². The average molecular weight is 208 g/mol. The summed E-state index contributed by atoms with van der Waals surface area (Å²) in [6.45, 7) is 4.21. The van der Waals surface area contributed by atoms with Crippen LogP contribution >= 0.6 is 0 Å². The van der Waals surface area contributed by atoms with Gasteiger partial charge in [-0.25, -0.2) is 0 Å². The number of nitrogens with zero attached hydrogens (tertiary/aromatic N) is 1. The van der Waals surface area contributed by atoms with Crippen LogP contribution in [0.25, 0.3) is 0 Å². The number of hydrogen-bond donors (Lipinski definition) is 2. The Hall–Kier alpha value is -0.800. The maximum atomic E-state index is 9.17. The van der Waals surface area contributed by atoms with Crippen LogP contribution in [0.5, 0.6) is 0 Å². The van der Waals surface area contributed by atoms with Crippen LogP contribution in [0.1, 0.15) is 31.9 Å². The Morgan fingerprint density at radius 1 is 1.53 bits per heavy atom. The first-order valence-electron chi connectivity index (χ1n) is 5.85. The lowest BCUT2D eigenvalue weighted by Gasteiger charge is -2.32. The number of aromatic nitrogens is 1. The molecule has 1 saturated carbocycles. The smallest absolute Gasteiger partial charge is 0.0570 e. The fourth-order valence-corrected chi connectivity index (χ4v) is 2.07. The second kappa shape index (κ2) is 4.81. The fourth-order valence-electron chi connectivity index (χ4n) is 2.07. The lowest BCUT2D eigenvalue weighted by Crippen LogP contribution is -2.43. The molecule has 0 amide bonds. The van der Waals surface area contributed by atoms with Gasteiger partial charge in [-0.3, -0.25) is 0 Å². The molecule has 3 nitrogen and oxygen atoms in total. The highest BCUT2D eigenvalue weighted by atomic mass is 16.3. The molecule has 0 atom stereocenters. The molecule has 0 aromatic carbocycles. The molecule has 1 aliphatic rings. The van der Waals surface area contributed by atoms with Crippen molar-refractivity contribution in [2.24, 2.45) is 0 Å². The molecule has 3 heteroatoms. The molecule has 0 radical (unpaired) electrons. The first kappa shape index (κ1) is 10.7. The molecule has 1 fully saturated rings. The standard InChI is InChI=1S/C12H20N2O/c1-2-5-14-6-3-4-11(14)9-13-10-7-12(15)8-10/h3-4,6,10,12-13,15H,2,5,7-9H2,1H3. The molecular formula is C12H20N2O. The van der Waals surface area contributed by atoms with Crippen molar-refractivity contribution in [2.45, 2.75) is 51.4 Å². The molecule has 0 spiro atoms. The fraction of sp³-hybridized carbons (Fsp3) is 0.667. The Labute approximate surface area is 91.1 Å². The first-order chi connectivity index (χ1) is 7.29. The number of hydrogen-bond acceptors (Lipinski definition) is 2. The Morgan fingerprint density at radius 2 is 2.33 bits per heavy atom. The minimum Gasteiger partial charge on any atom is -0.393 e. The molecule has 0 unspecified atom stereocenters. The second-order valence-corrected chi connectivity index (χ2v) is 4.40. The van der Waals surface area contributed by atoms with Gasteiger partial charge in [0.25, 0.3) is 0 Å². The predicted octanol–water partition coefficient (Wildman–Crippen LogP) is 1.51. The third-order valence-electron chi connectivity index (χ3n) is 3.07. The molecule has 1 aromatic heterocycles. The topological polar surface area (TPSA) is 37.2 Å². The van der Waals surface area contributed by atoms with Gasteiger partial charge in [0, 0.05) is 31.0 Å². The first-order valence-corrected chi connectivity index (χ1v) is 5.85. The van der Waals surface area contributed by atoms with E-state index in [9.17, 15) is 0 Å². The van der Waals surface area contributed by atoms with Crippen LogP contribution in [-0.4, -0.2) is 21.8 Å². The normalized spacial score (nSPS) is 25.2. The van der Waals surface area contributed by atoms with Gasteiger partial charge in [0.1, 0.15) is 0 Å². The molecule has 0 bridgehead atoms. The highest BCUT2D eigenvalue weighted by Crippen LogP contribution is 2.19. The van der Waals surface area contributed by atoms with Crippen molar-refractivity contribution in [3.8, 4) is 0 Å². The van der Waals surface area contributed by atoms with E-state index in [0.29, 0.717) is 6.04 Å². The summed E-state index contributed by atoms with van der Waals surface area (Å²) in [7, 11) is 0. The van der Waals surface area contributed by atoms with E-state index in [1.807, 2.05) is 0 Å². The van der Waals surface area contributed by atoms with Crippen LogP contribution in [0, 0.1) is 0 Å². The Kier molecular flexibility index (Phi) is 3.44. The van der Waals surface area contributed by atoms with Crippen LogP contribution in [0.4, 0.5) is 0 Å². The van der Waals surface area contributed by atoms with E-state index in [-0.39, 0.29) is 6.10 Å². The summed E-state index contributed by atoms with van der Waals surface area (Å²) >= 11 is 0. The van der Waals surface area contributed by atoms with Crippen LogP contribution in [0.3, 0.4) is 0 Å². The summed E-state index contributed by atoms with van der Waals surface area (Å²) in [5.74, 6) is 0. The van der Waals surface area contributed by atoms with E-state index in [1.165, 1.54) is 12.1 Å². The number of rotatable bonds is 5. The highest BCUT2D eigenvalue weighted by molar-refractivity contribution is 5.07. The van der Waals surface area contributed by atoms with Gasteiger partial charge in [-0.15, -0.1) is 0 Å². The van der Waals surface area contributed by atoms with Gasteiger partial charge < -0.3 is 15.0 Å². The number of aryl methyl sites for hydroxylation is 1. The molecule has 84 valence electrons. The van der Waals surface area contributed by atoms with E-state index in [2.05, 4.69) is 35.1 Å². The summed E-state index contributed by atoms with van der Waals surface area (Å²) in [6.07, 6.45) is 5.06. The number of nitrogens with one attached hydrogen (secondary N) is 1. The summed E-state index contributed by atoms with van der Waals surface area (Å²) < 4.78 is 2.29. The van der Waals surface area contributed by atoms with Gasteiger partial charge in [-0.1, -0.05) is 6.92 Å². The predicted molar refractivity (Wildman–Crippen MR) is 60.6 cm³/mol. The van der Waals surface area contributed by atoms with Gasteiger partial charge in [0.05, 0.1) is 6.10 Å². The highest BCUT2D eigenvalue weighted by Gasteiger charge is 2.26. The van der Waals surface area contributed by atoms with Gasteiger partial charge in [0.2, 0.25) is 0 Å². The zero-order valence-electron chi connectivity index (χ0n) is 9.32. The van der Waals surface area contributed by atoms with Crippen molar-refractivity contribution in [3.05, 3.63) is 24.0 Å². The van der Waals surface area contributed by atoms with Gasteiger partial charge in [-0.2, -0.15) is 0 Å². The number of aliphatic hydroxyl groups excluding tert-OH is 1. The summed E-state index contributed by atoms with van der Waals surface area (Å²) in [5.41, 5.74) is 1.35. The van der Waals surface area contributed by atoms with E-state index < -0.39 is 0 Å². The largest absolute Gasteiger partial charge is 0.393 e. The molecule has 2 rings (SSSR count). The van der Waals surface area contributed by atoms with E-state index in [0.717, 1.165) is 25.9 Å². The maximum Gasteiger partial charge on any atom is 0.0570 e. The van der Waals surface area contributed by atoms with Crippen LogP contribution in [0.15, 0.2) is 18.3 Å². The Balaban J connectivity index is 1.79. The summed E-state index contributed by atoms with van der Waals surface area (Å²) in [5, 5.41) is 12.6. The average Bonchev–Trinajstić information content (AvgIpc) is 2.59. The zero-order valence-corrected chi connectivity index (χ0v) is 9.32. The van der Waals surface area contributed by atoms with E-state index >= 15 is 0 Å². The molecule has 1 heterocycles. The van der Waals surface area contributed by atoms with Gasteiger partial charge in [0.15, 0.2) is 0 Å². The van der Waals surface area contributed by atoms with Crippen molar-refractivity contribution in [1.82, 2.24) is 9.88 Å². The van der Waals surface area contributed by atoms with Crippen LogP contribution < -0.4 is 5.32 Å². The molecular weight excluding hydrogens is 188 g/mol. The lowest BCUT2D eigenvalue weighted by atomic mass is 9.89. The second-order valence-electron chi connectivity index (χ2n) is 4.40. The van der Waals surface area contributed by atoms with Crippen molar-refractivity contribution >= 4 is 0 Å². The third-order valence-corrected chi connectivity index (χ3v) is 3.07. The molecule has 1 aromatic rings. The molecule has 2 N–H and O–H groups in total. The Morgan fingerprint density at radius 3 is 3.00 bits per heavy atom. The van der Waals surface area contributed by atoms with Crippen LogP contribution in [0.2, 0.25) is 0 Å². The van der Waals surface area contributed by atoms with Gasteiger partial charge >= 0.3 is 0 Å². The third kappa shape index (κ3) is 2.61. The molecule has 15 heavy (non-hydrogen) atoms. The molecule has 0 aliphatic heterocycles. The lowest BCUT2D eigenvalue weighted by molar-refractivity contribution is 0.0617. The summed E-state index contributed by atoms with van der Waals surface area (Å²) in [6, 6.07) is 4.78. The molecule has 1 aliphatic carbocycles. The molecule has 0 saturated heterocycles. The maximum absolute atomic E-state index is 9.17. The quantitative estimate of drug-likeness (QED) is 0.769. The minimum atomic E-state index is -0.0649. The minimum absolute atomic E-state index is 0.0649. The van der Waals surface area contributed by atoms with Crippen molar-refractivity contribution in [1.29, 1.82) is 0 Å². The Bertz CT molecular complexity index is 302.